The van der Waals surface area contributed by atoms with Gasteiger partial charge in [-0.05, 0) is 44.0 Å². The Morgan fingerprint density at radius 3 is 2.73 bits per heavy atom. The van der Waals surface area contributed by atoms with E-state index in [1.807, 2.05) is 23.4 Å². The first-order chi connectivity index (χ1) is 7.16. The smallest absolute Gasteiger partial charge is 0.152 e. The van der Waals surface area contributed by atoms with Gasteiger partial charge in [0.25, 0.3) is 0 Å². The van der Waals surface area contributed by atoms with Gasteiger partial charge in [-0.15, -0.1) is 0 Å². The average molecular weight is 204 g/mol. The van der Waals surface area contributed by atoms with Crippen LogP contribution in [-0.2, 0) is 4.84 Å². The van der Waals surface area contributed by atoms with Crippen LogP contribution in [0.25, 0.3) is 0 Å². The molecule has 0 bridgehead atoms. The molecule has 0 radical (unpaired) electrons. The van der Waals surface area contributed by atoms with Crippen molar-refractivity contribution in [3.8, 4) is 0 Å². The normalized spacial score (nSPS) is 17.1. The van der Waals surface area contributed by atoms with Crippen LogP contribution in [0.2, 0.25) is 0 Å². The Morgan fingerprint density at radius 2 is 2.07 bits per heavy atom. The standard InChI is InChI=1S/C12H16N2O/c1-9-4-5-13-12(6-9)14-7-10(2)11(3)8-15-14/h4-6H,7-8H2,1-3H3. The molecule has 3 heteroatoms. The van der Waals surface area contributed by atoms with Crippen LogP contribution < -0.4 is 5.06 Å². The van der Waals surface area contributed by atoms with E-state index >= 15 is 0 Å². The van der Waals surface area contributed by atoms with Gasteiger partial charge in [0, 0.05) is 6.20 Å². The Bertz CT molecular complexity index is 398. The minimum atomic E-state index is 0.668. The van der Waals surface area contributed by atoms with Crippen molar-refractivity contribution in [2.24, 2.45) is 0 Å². The minimum Gasteiger partial charge on any atom is -0.267 e. The summed E-state index contributed by atoms with van der Waals surface area (Å²) < 4.78 is 0. The summed E-state index contributed by atoms with van der Waals surface area (Å²) in [7, 11) is 0. The van der Waals surface area contributed by atoms with E-state index in [-0.39, 0.29) is 0 Å². The lowest BCUT2D eigenvalue weighted by Crippen LogP contribution is -2.31. The number of aromatic nitrogens is 1. The van der Waals surface area contributed by atoms with E-state index in [1.165, 1.54) is 16.7 Å². The van der Waals surface area contributed by atoms with Crippen LogP contribution in [0.15, 0.2) is 29.5 Å². The number of hydrogen-bond donors (Lipinski definition) is 0. The van der Waals surface area contributed by atoms with Crippen LogP contribution in [0.3, 0.4) is 0 Å². The number of aryl methyl sites for hydroxylation is 1. The Morgan fingerprint density at radius 1 is 1.27 bits per heavy atom. The molecule has 0 saturated carbocycles. The lowest BCUT2D eigenvalue weighted by Gasteiger charge is -2.28. The van der Waals surface area contributed by atoms with Crippen LogP contribution in [-0.4, -0.2) is 18.1 Å². The maximum absolute atomic E-state index is 5.61. The second-order valence-corrected chi connectivity index (χ2v) is 4.06. The first kappa shape index (κ1) is 10.2. The third-order valence-electron chi connectivity index (χ3n) is 2.70. The second kappa shape index (κ2) is 4.03. The predicted octanol–water partition coefficient (Wildman–Crippen LogP) is 2.48. The van der Waals surface area contributed by atoms with Crippen molar-refractivity contribution in [3.63, 3.8) is 0 Å². The van der Waals surface area contributed by atoms with Gasteiger partial charge in [-0.1, -0.05) is 5.57 Å². The van der Waals surface area contributed by atoms with Crippen molar-refractivity contribution in [3.05, 3.63) is 35.0 Å². The average Bonchev–Trinajstić information content (AvgIpc) is 2.22. The SMILES string of the molecule is CC1=C(C)CN(c2cc(C)ccn2)OC1. The number of rotatable bonds is 1. The number of hydroxylamine groups is 1. The van der Waals surface area contributed by atoms with Crippen molar-refractivity contribution >= 4 is 5.82 Å². The molecule has 0 fully saturated rings. The summed E-state index contributed by atoms with van der Waals surface area (Å²) in [6.45, 7) is 7.78. The van der Waals surface area contributed by atoms with Crippen molar-refractivity contribution in [1.82, 2.24) is 4.98 Å². The zero-order valence-electron chi connectivity index (χ0n) is 9.45. The Balaban J connectivity index is 2.20. The first-order valence-electron chi connectivity index (χ1n) is 5.15. The van der Waals surface area contributed by atoms with Gasteiger partial charge in [-0.2, -0.15) is 0 Å². The molecule has 0 saturated heterocycles. The lowest BCUT2D eigenvalue weighted by molar-refractivity contribution is 0.120. The molecule has 1 aromatic rings. The Labute approximate surface area is 90.3 Å². The van der Waals surface area contributed by atoms with E-state index in [4.69, 9.17) is 4.84 Å². The Hall–Kier alpha value is -1.35. The number of hydrogen-bond acceptors (Lipinski definition) is 3. The van der Waals surface area contributed by atoms with Gasteiger partial charge < -0.3 is 0 Å². The van der Waals surface area contributed by atoms with Gasteiger partial charge in [-0.3, -0.25) is 4.84 Å². The third-order valence-corrected chi connectivity index (χ3v) is 2.70. The quantitative estimate of drug-likeness (QED) is 0.657. The zero-order chi connectivity index (χ0) is 10.8. The molecule has 2 rings (SSSR count). The number of nitrogens with zero attached hydrogens (tertiary/aromatic N) is 2. The molecule has 1 aliphatic heterocycles. The molecule has 0 aliphatic carbocycles. The molecule has 3 nitrogen and oxygen atoms in total. The predicted molar refractivity (Wildman–Crippen MR) is 60.6 cm³/mol. The molecule has 80 valence electrons. The van der Waals surface area contributed by atoms with Gasteiger partial charge >= 0.3 is 0 Å². The number of anilines is 1. The minimum absolute atomic E-state index is 0.668. The molecule has 2 heterocycles. The molecular weight excluding hydrogens is 188 g/mol. The van der Waals surface area contributed by atoms with Crippen LogP contribution in [0, 0.1) is 6.92 Å². The van der Waals surface area contributed by atoms with Crippen molar-refractivity contribution in [1.29, 1.82) is 0 Å². The van der Waals surface area contributed by atoms with Crippen LogP contribution in [0.1, 0.15) is 19.4 Å². The molecule has 0 spiro atoms. The second-order valence-electron chi connectivity index (χ2n) is 4.06. The van der Waals surface area contributed by atoms with E-state index < -0.39 is 0 Å². The Kier molecular flexibility index (Phi) is 2.73. The van der Waals surface area contributed by atoms with Gasteiger partial charge in [0.05, 0.1) is 13.2 Å². The fourth-order valence-electron chi connectivity index (χ4n) is 1.50. The van der Waals surface area contributed by atoms with Crippen molar-refractivity contribution < 1.29 is 4.84 Å². The largest absolute Gasteiger partial charge is 0.267 e. The monoisotopic (exact) mass is 204 g/mol. The van der Waals surface area contributed by atoms with E-state index in [1.54, 1.807) is 0 Å². The highest BCUT2D eigenvalue weighted by Gasteiger charge is 2.15. The zero-order valence-corrected chi connectivity index (χ0v) is 9.45. The molecule has 0 unspecified atom stereocenters. The first-order valence-corrected chi connectivity index (χ1v) is 5.15. The summed E-state index contributed by atoms with van der Waals surface area (Å²) in [6.07, 6.45) is 1.81. The van der Waals surface area contributed by atoms with Gasteiger partial charge in [0.2, 0.25) is 0 Å². The maximum atomic E-state index is 5.61. The van der Waals surface area contributed by atoms with Crippen molar-refractivity contribution in [2.75, 3.05) is 18.2 Å². The maximum Gasteiger partial charge on any atom is 0.152 e. The summed E-state index contributed by atoms with van der Waals surface area (Å²) in [4.78, 5) is 9.92. The highest BCUT2D eigenvalue weighted by atomic mass is 16.7. The highest BCUT2D eigenvalue weighted by Crippen LogP contribution is 2.20. The van der Waals surface area contributed by atoms with Crippen LogP contribution in [0.4, 0.5) is 5.82 Å². The molecule has 0 amide bonds. The summed E-state index contributed by atoms with van der Waals surface area (Å²) in [6, 6.07) is 4.02. The molecule has 0 atom stereocenters. The molecule has 15 heavy (non-hydrogen) atoms. The van der Waals surface area contributed by atoms with Gasteiger partial charge in [0.15, 0.2) is 5.82 Å². The lowest BCUT2D eigenvalue weighted by atomic mass is 10.1. The van der Waals surface area contributed by atoms with E-state index in [2.05, 4.69) is 25.8 Å². The summed E-state index contributed by atoms with van der Waals surface area (Å²) in [5.41, 5.74) is 3.89. The molecule has 0 aromatic carbocycles. The van der Waals surface area contributed by atoms with Crippen LogP contribution >= 0.6 is 0 Å². The molecule has 1 aromatic heterocycles. The molecule has 0 N–H and O–H groups in total. The molecular formula is C12H16N2O. The highest BCUT2D eigenvalue weighted by molar-refractivity contribution is 5.40. The van der Waals surface area contributed by atoms with Crippen LogP contribution in [0.5, 0.6) is 0 Å². The fourth-order valence-corrected chi connectivity index (χ4v) is 1.50. The summed E-state index contributed by atoms with van der Waals surface area (Å²) >= 11 is 0. The summed E-state index contributed by atoms with van der Waals surface area (Å²) in [5, 5.41) is 1.86. The topological polar surface area (TPSA) is 25.4 Å². The van der Waals surface area contributed by atoms with Gasteiger partial charge in [-0.25, -0.2) is 10.0 Å². The van der Waals surface area contributed by atoms with E-state index in [0.717, 1.165) is 12.4 Å². The van der Waals surface area contributed by atoms with Gasteiger partial charge in [0.1, 0.15) is 0 Å². The number of pyridine rings is 1. The van der Waals surface area contributed by atoms with E-state index in [0.29, 0.717) is 6.61 Å². The molecule has 1 aliphatic rings. The summed E-state index contributed by atoms with van der Waals surface area (Å²) in [5.74, 6) is 0.891. The third kappa shape index (κ3) is 2.18. The van der Waals surface area contributed by atoms with E-state index in [9.17, 15) is 0 Å². The van der Waals surface area contributed by atoms with Crippen molar-refractivity contribution in [2.45, 2.75) is 20.8 Å². The fraction of sp³-hybridized carbons (Fsp3) is 0.417.